The third-order valence-electron chi connectivity index (χ3n) is 6.14. The fraction of sp³-hybridized carbons (Fsp3) is 0.409. The van der Waals surface area contributed by atoms with Crippen molar-refractivity contribution < 1.29 is 33.5 Å². The van der Waals surface area contributed by atoms with Gasteiger partial charge in [-0.2, -0.15) is 0 Å². The topological polar surface area (TPSA) is 74.9 Å². The molecule has 8 nitrogen and oxygen atoms in total. The maximum absolute atomic E-state index is 12.8. The van der Waals surface area contributed by atoms with Crippen LogP contribution in [0, 0.1) is 0 Å². The van der Waals surface area contributed by atoms with Gasteiger partial charge in [-0.1, -0.05) is 0 Å². The molecule has 5 rings (SSSR count). The van der Waals surface area contributed by atoms with Gasteiger partial charge in [-0.05, 0) is 36.4 Å². The number of hydrogen-bond acceptors (Lipinski definition) is 5. The highest BCUT2D eigenvalue weighted by atomic mass is 16.7. The standard InChI is InChI=1S/C22H25N3O5/c1-24-6-8-25(9-7-24)17(15-2-4-18-20(10-15)29-13-27-18)12-23-22(26)16-3-5-19-21(11-16)30-14-28-19/h2-5,10-11,17H,6-9,12-14H2,1H3,(H,23,26)/p+2/t17-/m1/s1. The number of carbonyl (C=O) groups excluding carboxylic acids is 1. The monoisotopic (exact) mass is 413 g/mol. The number of hydrogen-bond donors (Lipinski definition) is 3. The van der Waals surface area contributed by atoms with Gasteiger partial charge in [-0.25, -0.2) is 0 Å². The molecule has 1 saturated heterocycles. The van der Waals surface area contributed by atoms with E-state index in [1.54, 1.807) is 23.1 Å². The molecule has 8 heteroatoms. The number of benzene rings is 2. The molecular formula is C22H27N3O5+2. The Bertz CT molecular complexity index is 942. The number of fused-ring (bicyclic) bond motifs is 2. The van der Waals surface area contributed by atoms with Gasteiger partial charge in [0.15, 0.2) is 23.0 Å². The number of ether oxygens (including phenoxy) is 4. The molecule has 0 aliphatic carbocycles. The van der Waals surface area contributed by atoms with Crippen LogP contribution in [-0.2, 0) is 0 Å². The van der Waals surface area contributed by atoms with E-state index in [1.165, 1.54) is 4.90 Å². The summed E-state index contributed by atoms with van der Waals surface area (Å²) in [4.78, 5) is 15.9. The minimum absolute atomic E-state index is 0.113. The molecule has 0 saturated carbocycles. The molecule has 2 aromatic rings. The summed E-state index contributed by atoms with van der Waals surface area (Å²) in [6.45, 7) is 5.35. The zero-order valence-corrected chi connectivity index (χ0v) is 17.0. The zero-order valence-electron chi connectivity index (χ0n) is 17.0. The minimum atomic E-state index is -0.113. The van der Waals surface area contributed by atoms with Crippen molar-refractivity contribution in [3.05, 3.63) is 47.5 Å². The van der Waals surface area contributed by atoms with Gasteiger partial charge < -0.3 is 34.1 Å². The summed E-state index contributed by atoms with van der Waals surface area (Å²) in [5.41, 5.74) is 1.72. The average Bonchev–Trinajstić information content (AvgIpc) is 3.43. The van der Waals surface area contributed by atoms with Crippen molar-refractivity contribution in [2.24, 2.45) is 0 Å². The van der Waals surface area contributed by atoms with Gasteiger partial charge in [-0.3, -0.25) is 4.79 Å². The van der Waals surface area contributed by atoms with Crippen LogP contribution in [0.25, 0.3) is 0 Å². The number of nitrogens with one attached hydrogen (secondary N) is 3. The fourth-order valence-corrected chi connectivity index (χ4v) is 4.31. The fourth-order valence-electron chi connectivity index (χ4n) is 4.31. The predicted octanol–water partition coefficient (Wildman–Crippen LogP) is -0.972. The van der Waals surface area contributed by atoms with E-state index in [-0.39, 0.29) is 25.5 Å². The molecule has 0 radical (unpaired) electrons. The second-order valence-electron chi connectivity index (χ2n) is 8.06. The SMILES string of the molecule is C[NH+]1CC[NH+]([C@H](CNC(=O)c2ccc3c(c2)OCO3)c2ccc3c(c2)OCO3)CC1. The summed E-state index contributed by atoms with van der Waals surface area (Å²) in [7, 11) is 2.23. The third kappa shape index (κ3) is 3.76. The number of carbonyl (C=O) groups is 1. The first-order valence-corrected chi connectivity index (χ1v) is 10.4. The molecule has 3 N–H and O–H groups in total. The number of quaternary nitrogens is 2. The first-order chi connectivity index (χ1) is 14.7. The minimum Gasteiger partial charge on any atom is -0.454 e. The summed E-state index contributed by atoms with van der Waals surface area (Å²) in [5.74, 6) is 2.73. The molecule has 0 bridgehead atoms. The molecule has 30 heavy (non-hydrogen) atoms. The second kappa shape index (κ2) is 8.04. The van der Waals surface area contributed by atoms with Gasteiger partial charge in [0.05, 0.1) is 13.6 Å². The van der Waals surface area contributed by atoms with E-state index < -0.39 is 0 Å². The van der Waals surface area contributed by atoms with Gasteiger partial charge >= 0.3 is 0 Å². The lowest BCUT2D eigenvalue weighted by molar-refractivity contribution is -1.02. The van der Waals surface area contributed by atoms with Crippen LogP contribution in [0.2, 0.25) is 0 Å². The Morgan fingerprint density at radius 2 is 1.53 bits per heavy atom. The lowest BCUT2D eigenvalue weighted by atomic mass is 10.0. The van der Waals surface area contributed by atoms with Gasteiger partial charge in [0.25, 0.3) is 5.91 Å². The number of piperazine rings is 1. The Kier molecular flexibility index (Phi) is 5.10. The Balaban J connectivity index is 1.33. The van der Waals surface area contributed by atoms with E-state index in [2.05, 4.69) is 24.5 Å². The molecule has 2 aromatic carbocycles. The largest absolute Gasteiger partial charge is 0.454 e. The molecule has 0 spiro atoms. The molecule has 158 valence electrons. The molecule has 0 aromatic heterocycles. The van der Waals surface area contributed by atoms with E-state index in [4.69, 9.17) is 18.9 Å². The Morgan fingerprint density at radius 3 is 2.27 bits per heavy atom. The molecule has 1 fully saturated rings. The van der Waals surface area contributed by atoms with Gasteiger partial charge in [0, 0.05) is 11.1 Å². The average molecular weight is 413 g/mol. The van der Waals surface area contributed by atoms with Crippen molar-refractivity contribution in [1.29, 1.82) is 0 Å². The van der Waals surface area contributed by atoms with Crippen LogP contribution in [-0.4, -0.2) is 59.3 Å². The summed E-state index contributed by atoms with van der Waals surface area (Å²) in [6, 6.07) is 11.5. The third-order valence-corrected chi connectivity index (χ3v) is 6.14. The number of amides is 1. The highest BCUT2D eigenvalue weighted by Crippen LogP contribution is 2.34. The highest BCUT2D eigenvalue weighted by molar-refractivity contribution is 5.94. The quantitative estimate of drug-likeness (QED) is 0.588. The van der Waals surface area contributed by atoms with E-state index in [0.717, 1.165) is 43.2 Å². The molecule has 1 amide bonds. The molecule has 3 heterocycles. The van der Waals surface area contributed by atoms with Crippen LogP contribution in [0.4, 0.5) is 0 Å². The van der Waals surface area contributed by atoms with Gasteiger partial charge in [0.2, 0.25) is 13.6 Å². The smallest absolute Gasteiger partial charge is 0.251 e. The first kappa shape index (κ1) is 19.0. The van der Waals surface area contributed by atoms with Crippen LogP contribution in [0.5, 0.6) is 23.0 Å². The molecular weight excluding hydrogens is 386 g/mol. The molecule has 3 aliphatic rings. The Labute approximate surface area is 175 Å². The Morgan fingerprint density at radius 1 is 0.900 bits per heavy atom. The number of likely N-dealkylation sites (N-methyl/N-ethyl adjacent to an activating group) is 1. The molecule has 0 unspecified atom stereocenters. The van der Waals surface area contributed by atoms with Crippen LogP contribution in [0.3, 0.4) is 0 Å². The normalized spacial score (nSPS) is 22.6. The van der Waals surface area contributed by atoms with Crippen molar-refractivity contribution in [3.8, 4) is 23.0 Å². The maximum Gasteiger partial charge on any atom is 0.251 e. The Hall–Kier alpha value is -2.97. The van der Waals surface area contributed by atoms with E-state index in [0.29, 0.717) is 23.6 Å². The summed E-state index contributed by atoms with van der Waals surface area (Å²) in [5, 5.41) is 3.13. The van der Waals surface area contributed by atoms with Crippen molar-refractivity contribution in [1.82, 2.24) is 5.32 Å². The van der Waals surface area contributed by atoms with E-state index >= 15 is 0 Å². The second-order valence-corrected chi connectivity index (χ2v) is 8.06. The van der Waals surface area contributed by atoms with Gasteiger partial charge in [-0.15, -0.1) is 0 Å². The summed E-state index contributed by atoms with van der Waals surface area (Å²) >= 11 is 0. The van der Waals surface area contributed by atoms with Crippen molar-refractivity contribution in [2.45, 2.75) is 6.04 Å². The molecule has 1 atom stereocenters. The van der Waals surface area contributed by atoms with Crippen LogP contribution >= 0.6 is 0 Å². The van der Waals surface area contributed by atoms with Crippen LogP contribution < -0.4 is 34.1 Å². The summed E-state index contributed by atoms with van der Waals surface area (Å²) < 4.78 is 21.8. The lowest BCUT2D eigenvalue weighted by Crippen LogP contribution is -3.27. The van der Waals surface area contributed by atoms with Crippen molar-refractivity contribution in [2.75, 3.05) is 53.4 Å². The summed E-state index contributed by atoms with van der Waals surface area (Å²) in [6.07, 6.45) is 0. The van der Waals surface area contributed by atoms with Crippen molar-refractivity contribution >= 4 is 5.91 Å². The molecule has 3 aliphatic heterocycles. The number of rotatable bonds is 5. The highest BCUT2D eigenvalue weighted by Gasteiger charge is 2.31. The van der Waals surface area contributed by atoms with Crippen molar-refractivity contribution in [3.63, 3.8) is 0 Å². The van der Waals surface area contributed by atoms with Crippen LogP contribution in [0.1, 0.15) is 22.0 Å². The van der Waals surface area contributed by atoms with E-state index in [1.807, 2.05) is 6.07 Å². The van der Waals surface area contributed by atoms with E-state index in [9.17, 15) is 4.79 Å². The zero-order chi connectivity index (χ0) is 20.5. The van der Waals surface area contributed by atoms with Crippen LogP contribution in [0.15, 0.2) is 36.4 Å². The van der Waals surface area contributed by atoms with Gasteiger partial charge in [0.1, 0.15) is 32.2 Å². The maximum atomic E-state index is 12.8. The predicted molar refractivity (Wildman–Crippen MR) is 108 cm³/mol. The first-order valence-electron chi connectivity index (χ1n) is 10.4. The lowest BCUT2D eigenvalue weighted by Gasteiger charge is -2.33.